The van der Waals surface area contributed by atoms with Gasteiger partial charge in [0.05, 0.1) is 11.3 Å². The van der Waals surface area contributed by atoms with Gasteiger partial charge in [-0.05, 0) is 77.4 Å². The molecule has 0 heterocycles. The van der Waals surface area contributed by atoms with Gasteiger partial charge in [0.1, 0.15) is 0 Å². The summed E-state index contributed by atoms with van der Waals surface area (Å²) in [6.45, 7) is 0. The average Bonchev–Trinajstić information content (AvgIpc) is 3.05. The van der Waals surface area contributed by atoms with Crippen LogP contribution in [0.3, 0.4) is 0 Å². The molecule has 0 saturated carbocycles. The van der Waals surface area contributed by atoms with E-state index in [1.807, 2.05) is 72.8 Å². The van der Waals surface area contributed by atoms with E-state index in [2.05, 4.69) is 0 Å². The first kappa shape index (κ1) is 29.4. The third-order valence-electron chi connectivity index (χ3n) is 7.46. The first-order valence-electron chi connectivity index (χ1n) is 13.8. The zero-order valence-corrected chi connectivity index (χ0v) is 25.5. The third kappa shape index (κ3) is 5.66. The van der Waals surface area contributed by atoms with Gasteiger partial charge in [0.15, 0.2) is 11.6 Å². The molecule has 6 rings (SSSR count). The third-order valence-corrected chi connectivity index (χ3v) is 8.22. The van der Waals surface area contributed by atoms with Crippen molar-refractivity contribution >= 4 is 52.1 Å². The highest BCUT2D eigenvalue weighted by Gasteiger charge is 2.32. The number of nitrogens with two attached hydrogens (primary N) is 1. The van der Waals surface area contributed by atoms with Gasteiger partial charge in [-0.1, -0.05) is 108 Å². The van der Waals surface area contributed by atoms with Crippen molar-refractivity contribution in [1.82, 2.24) is 0 Å². The molecule has 0 unspecified atom stereocenters. The van der Waals surface area contributed by atoms with Gasteiger partial charge in [0.2, 0.25) is 0 Å². The van der Waals surface area contributed by atoms with Crippen LogP contribution in [0.1, 0.15) is 31.8 Å². The van der Waals surface area contributed by atoms with E-state index in [0.29, 0.717) is 59.6 Å². The SMILES string of the molecule is Nc1c(C(=O)c2ccc(Cl)cc2)c(-c2ccccc2)c(C(=O)c2ccc(Cl)cc2)c(-c2ccccc2)c1-c1ccc(Cl)cc1. The number of carbonyl (C=O) groups excluding carboxylic acids is 2. The lowest BCUT2D eigenvalue weighted by molar-refractivity contribution is 0.103. The molecule has 0 aliphatic heterocycles. The number of anilines is 1. The van der Waals surface area contributed by atoms with E-state index in [-0.39, 0.29) is 22.8 Å². The van der Waals surface area contributed by atoms with Crippen LogP contribution in [0.4, 0.5) is 5.69 Å². The fourth-order valence-corrected chi connectivity index (χ4v) is 5.80. The summed E-state index contributed by atoms with van der Waals surface area (Å²) < 4.78 is 0. The highest BCUT2D eigenvalue weighted by Crippen LogP contribution is 2.48. The van der Waals surface area contributed by atoms with E-state index in [1.165, 1.54) is 0 Å². The average molecular weight is 633 g/mol. The van der Waals surface area contributed by atoms with Gasteiger partial charge in [0.25, 0.3) is 0 Å². The summed E-state index contributed by atoms with van der Waals surface area (Å²) in [7, 11) is 0. The molecule has 214 valence electrons. The molecule has 0 aromatic heterocycles. The van der Waals surface area contributed by atoms with Gasteiger partial charge >= 0.3 is 0 Å². The second-order valence-corrected chi connectivity index (χ2v) is 11.5. The first-order chi connectivity index (χ1) is 21.3. The summed E-state index contributed by atoms with van der Waals surface area (Å²) in [5.41, 5.74) is 12.5. The van der Waals surface area contributed by atoms with E-state index in [0.717, 1.165) is 5.56 Å². The Morgan fingerprint density at radius 1 is 0.409 bits per heavy atom. The van der Waals surface area contributed by atoms with Crippen molar-refractivity contribution in [2.45, 2.75) is 0 Å². The molecule has 0 atom stereocenters. The van der Waals surface area contributed by atoms with Crippen molar-refractivity contribution in [2.75, 3.05) is 5.73 Å². The van der Waals surface area contributed by atoms with E-state index in [9.17, 15) is 9.59 Å². The van der Waals surface area contributed by atoms with Gasteiger partial charge in [-0.15, -0.1) is 0 Å². The number of carbonyl (C=O) groups is 2. The second kappa shape index (κ2) is 12.5. The Balaban J connectivity index is 1.83. The van der Waals surface area contributed by atoms with Crippen LogP contribution < -0.4 is 5.73 Å². The lowest BCUT2D eigenvalue weighted by Crippen LogP contribution is -2.16. The lowest BCUT2D eigenvalue weighted by atomic mass is 9.77. The van der Waals surface area contributed by atoms with Crippen LogP contribution in [0, 0.1) is 0 Å². The maximum absolute atomic E-state index is 14.8. The smallest absolute Gasteiger partial charge is 0.195 e. The summed E-state index contributed by atoms with van der Waals surface area (Å²) >= 11 is 18.7. The van der Waals surface area contributed by atoms with Crippen molar-refractivity contribution < 1.29 is 9.59 Å². The van der Waals surface area contributed by atoms with Crippen molar-refractivity contribution in [3.05, 3.63) is 171 Å². The molecule has 6 aromatic rings. The standard InChI is InChI=1S/C38H24Cl3NO2/c39-28-17-11-25(12-18-28)33-31(23-7-3-1-4-8-23)34(37(43)26-13-19-29(40)20-14-26)32(24-9-5-2-6-10-24)35(36(33)42)38(44)27-15-21-30(41)22-16-27/h1-22H,42H2. The summed E-state index contributed by atoms with van der Waals surface area (Å²) in [5, 5.41) is 1.55. The molecular weight excluding hydrogens is 609 g/mol. The molecule has 2 N–H and O–H groups in total. The Kier molecular flexibility index (Phi) is 8.36. The topological polar surface area (TPSA) is 60.2 Å². The molecule has 0 radical (unpaired) electrons. The normalized spacial score (nSPS) is 10.9. The molecule has 0 amide bonds. The number of halogens is 3. The van der Waals surface area contributed by atoms with Crippen molar-refractivity contribution in [3.8, 4) is 33.4 Å². The van der Waals surface area contributed by atoms with Gasteiger partial charge in [-0.25, -0.2) is 0 Å². The number of benzene rings is 6. The van der Waals surface area contributed by atoms with Crippen LogP contribution in [-0.4, -0.2) is 11.6 Å². The maximum Gasteiger partial charge on any atom is 0.195 e. The Bertz CT molecular complexity index is 1990. The van der Waals surface area contributed by atoms with Crippen LogP contribution in [0.15, 0.2) is 133 Å². The van der Waals surface area contributed by atoms with E-state index >= 15 is 0 Å². The Morgan fingerprint density at radius 2 is 0.773 bits per heavy atom. The summed E-state index contributed by atoms with van der Waals surface area (Å²) in [5.74, 6) is -0.613. The fourth-order valence-electron chi connectivity index (χ4n) is 5.43. The molecule has 0 fully saturated rings. The minimum Gasteiger partial charge on any atom is -0.398 e. The van der Waals surface area contributed by atoms with Crippen molar-refractivity contribution in [1.29, 1.82) is 0 Å². The molecule has 6 aromatic carbocycles. The minimum atomic E-state index is -0.335. The predicted molar refractivity (Wildman–Crippen MR) is 182 cm³/mol. The molecule has 0 aliphatic carbocycles. The molecule has 3 nitrogen and oxygen atoms in total. The molecule has 0 spiro atoms. The van der Waals surface area contributed by atoms with Crippen LogP contribution in [0.25, 0.3) is 33.4 Å². The molecule has 44 heavy (non-hydrogen) atoms. The van der Waals surface area contributed by atoms with E-state index in [4.69, 9.17) is 40.5 Å². The summed E-state index contributed by atoms with van der Waals surface area (Å²) in [6.07, 6.45) is 0. The van der Waals surface area contributed by atoms with Gasteiger partial charge < -0.3 is 5.73 Å². The Morgan fingerprint density at radius 3 is 1.23 bits per heavy atom. The number of nitrogen functional groups attached to an aromatic ring is 1. The van der Waals surface area contributed by atoms with Crippen LogP contribution >= 0.6 is 34.8 Å². The monoisotopic (exact) mass is 631 g/mol. The molecule has 0 saturated heterocycles. The van der Waals surface area contributed by atoms with Gasteiger partial charge in [0, 0.05) is 48.4 Å². The first-order valence-corrected chi connectivity index (χ1v) is 14.9. The molecule has 6 heteroatoms. The highest BCUT2D eigenvalue weighted by molar-refractivity contribution is 6.32. The van der Waals surface area contributed by atoms with Crippen LogP contribution in [0.2, 0.25) is 15.1 Å². The lowest BCUT2D eigenvalue weighted by Gasteiger charge is -2.25. The number of hydrogen-bond acceptors (Lipinski definition) is 3. The quantitative estimate of drug-likeness (QED) is 0.141. The summed E-state index contributed by atoms with van der Waals surface area (Å²) in [4.78, 5) is 29.4. The molecular formula is C38H24Cl3NO2. The molecule has 0 bridgehead atoms. The summed E-state index contributed by atoms with van der Waals surface area (Å²) in [6, 6.07) is 39.5. The van der Waals surface area contributed by atoms with Crippen LogP contribution in [0.5, 0.6) is 0 Å². The maximum atomic E-state index is 14.8. The number of rotatable bonds is 7. The van der Waals surface area contributed by atoms with E-state index < -0.39 is 0 Å². The predicted octanol–water partition coefficient (Wildman–Crippen LogP) is 10.7. The van der Waals surface area contributed by atoms with Gasteiger partial charge in [-0.3, -0.25) is 9.59 Å². The van der Waals surface area contributed by atoms with E-state index in [1.54, 1.807) is 60.7 Å². The zero-order chi connectivity index (χ0) is 30.8. The zero-order valence-electron chi connectivity index (χ0n) is 23.2. The van der Waals surface area contributed by atoms with Crippen molar-refractivity contribution in [3.63, 3.8) is 0 Å². The largest absolute Gasteiger partial charge is 0.398 e. The number of ketones is 2. The van der Waals surface area contributed by atoms with Crippen LogP contribution in [-0.2, 0) is 0 Å². The number of hydrogen-bond donors (Lipinski definition) is 1. The minimum absolute atomic E-state index is 0.223. The Hall–Kier alpha value is -4.67. The van der Waals surface area contributed by atoms with Crippen molar-refractivity contribution in [2.24, 2.45) is 0 Å². The fraction of sp³-hybridized carbons (Fsp3) is 0. The highest BCUT2D eigenvalue weighted by atomic mass is 35.5. The second-order valence-electron chi connectivity index (χ2n) is 10.2. The Labute approximate surface area is 270 Å². The van der Waals surface area contributed by atoms with Gasteiger partial charge in [-0.2, -0.15) is 0 Å². The molecule has 0 aliphatic rings.